The molecule has 4 rings (SSSR count). The van der Waals surface area contributed by atoms with Gasteiger partial charge in [0.15, 0.2) is 0 Å². The zero-order chi connectivity index (χ0) is 22.9. The van der Waals surface area contributed by atoms with E-state index in [1.807, 2.05) is 19.1 Å². The molecule has 5 heteroatoms. The SMILES string of the molecule is CCC1(CCOc2c(-c3cc(C)cc(C)c3)c(=O)[nH]c3cc(Cl)c(C)cc23)CCCCN1. The molecule has 32 heavy (non-hydrogen) atoms. The molecule has 0 saturated carbocycles. The van der Waals surface area contributed by atoms with E-state index in [1.165, 1.54) is 19.3 Å². The van der Waals surface area contributed by atoms with Gasteiger partial charge in [-0.2, -0.15) is 0 Å². The van der Waals surface area contributed by atoms with Crippen molar-refractivity contribution < 1.29 is 4.74 Å². The molecule has 0 radical (unpaired) electrons. The van der Waals surface area contributed by atoms with Crippen LogP contribution in [0.4, 0.5) is 0 Å². The van der Waals surface area contributed by atoms with Crippen molar-refractivity contribution in [2.45, 2.75) is 65.3 Å². The number of halogens is 1. The number of H-pyrrole nitrogens is 1. The van der Waals surface area contributed by atoms with Crippen molar-refractivity contribution in [3.05, 3.63) is 62.4 Å². The maximum Gasteiger partial charge on any atom is 0.260 e. The zero-order valence-electron chi connectivity index (χ0n) is 19.5. The van der Waals surface area contributed by atoms with Crippen LogP contribution in [0, 0.1) is 20.8 Å². The van der Waals surface area contributed by atoms with Crippen LogP contribution in [0.25, 0.3) is 22.0 Å². The number of ether oxygens (including phenoxy) is 1. The molecule has 0 amide bonds. The first-order chi connectivity index (χ1) is 15.3. The number of piperidine rings is 1. The molecule has 1 aliphatic heterocycles. The van der Waals surface area contributed by atoms with E-state index in [2.05, 4.69) is 49.3 Å². The van der Waals surface area contributed by atoms with Crippen LogP contribution in [-0.4, -0.2) is 23.7 Å². The van der Waals surface area contributed by atoms with E-state index in [4.69, 9.17) is 16.3 Å². The molecule has 3 aromatic rings. The lowest BCUT2D eigenvalue weighted by Crippen LogP contribution is -2.49. The molecule has 4 nitrogen and oxygen atoms in total. The second-order valence-corrected chi connectivity index (χ2v) is 9.71. The molecule has 0 bridgehead atoms. The molecule has 2 heterocycles. The van der Waals surface area contributed by atoms with Crippen LogP contribution in [0.1, 0.15) is 55.7 Å². The van der Waals surface area contributed by atoms with E-state index in [1.54, 1.807) is 0 Å². The summed E-state index contributed by atoms with van der Waals surface area (Å²) in [5, 5.41) is 5.25. The quantitative estimate of drug-likeness (QED) is 0.451. The summed E-state index contributed by atoms with van der Waals surface area (Å²) in [6.07, 6.45) is 5.64. The first kappa shape index (κ1) is 22.9. The molecule has 1 saturated heterocycles. The Balaban J connectivity index is 1.80. The normalized spacial score (nSPS) is 18.8. The fourth-order valence-electron chi connectivity index (χ4n) is 5.00. The maximum atomic E-state index is 13.3. The lowest BCUT2D eigenvalue weighted by Gasteiger charge is -2.38. The fraction of sp³-hybridized carbons (Fsp3) is 0.444. The number of hydrogen-bond acceptors (Lipinski definition) is 3. The first-order valence-electron chi connectivity index (χ1n) is 11.6. The Morgan fingerprint density at radius 3 is 2.47 bits per heavy atom. The predicted molar refractivity (Wildman–Crippen MR) is 134 cm³/mol. The number of fused-ring (bicyclic) bond motifs is 1. The van der Waals surface area contributed by atoms with Gasteiger partial charge in [-0.3, -0.25) is 4.79 Å². The van der Waals surface area contributed by atoms with E-state index in [-0.39, 0.29) is 11.1 Å². The number of pyridine rings is 1. The highest BCUT2D eigenvalue weighted by Gasteiger charge is 2.30. The lowest BCUT2D eigenvalue weighted by atomic mass is 9.84. The maximum absolute atomic E-state index is 13.3. The van der Waals surface area contributed by atoms with Crippen molar-refractivity contribution in [1.29, 1.82) is 0 Å². The van der Waals surface area contributed by atoms with Crippen LogP contribution in [0.15, 0.2) is 35.1 Å². The second kappa shape index (κ2) is 9.29. The van der Waals surface area contributed by atoms with Gasteiger partial charge in [0.05, 0.1) is 17.7 Å². The van der Waals surface area contributed by atoms with Gasteiger partial charge < -0.3 is 15.0 Å². The standard InChI is InChI=1S/C27H33ClN2O2/c1-5-27(8-6-7-10-29-27)9-11-32-25-21-15-19(4)22(28)16-23(21)30-26(31)24(25)20-13-17(2)12-18(3)14-20/h12-16,29H,5-11H2,1-4H3,(H,30,31). The van der Waals surface area contributed by atoms with Crippen molar-refractivity contribution in [2.75, 3.05) is 13.2 Å². The minimum atomic E-state index is -0.154. The van der Waals surface area contributed by atoms with Gasteiger partial charge in [0.25, 0.3) is 5.56 Å². The van der Waals surface area contributed by atoms with Gasteiger partial charge in [0.1, 0.15) is 5.75 Å². The third-order valence-electron chi connectivity index (χ3n) is 6.84. The van der Waals surface area contributed by atoms with E-state index < -0.39 is 0 Å². The van der Waals surface area contributed by atoms with Crippen LogP contribution in [0.3, 0.4) is 0 Å². The van der Waals surface area contributed by atoms with Crippen molar-refractivity contribution >= 4 is 22.5 Å². The van der Waals surface area contributed by atoms with Crippen LogP contribution < -0.4 is 15.6 Å². The number of aryl methyl sites for hydroxylation is 3. The molecule has 1 aliphatic rings. The number of rotatable bonds is 6. The molecule has 0 aliphatic carbocycles. The van der Waals surface area contributed by atoms with Crippen LogP contribution in [-0.2, 0) is 0 Å². The monoisotopic (exact) mass is 452 g/mol. The summed E-state index contributed by atoms with van der Waals surface area (Å²) in [5.74, 6) is 0.649. The Hall–Kier alpha value is -2.30. The molecule has 1 aromatic heterocycles. The van der Waals surface area contributed by atoms with Gasteiger partial charge in [0, 0.05) is 15.9 Å². The molecule has 1 fully saturated rings. The summed E-state index contributed by atoms with van der Waals surface area (Å²) in [4.78, 5) is 16.3. The van der Waals surface area contributed by atoms with Crippen LogP contribution in [0.5, 0.6) is 5.75 Å². The number of nitrogens with one attached hydrogen (secondary N) is 2. The molecule has 2 N–H and O–H groups in total. The van der Waals surface area contributed by atoms with Gasteiger partial charge in [-0.1, -0.05) is 54.3 Å². The highest BCUT2D eigenvalue weighted by molar-refractivity contribution is 6.32. The summed E-state index contributed by atoms with van der Waals surface area (Å²) >= 11 is 6.36. The van der Waals surface area contributed by atoms with Crippen molar-refractivity contribution in [3.63, 3.8) is 0 Å². The average Bonchev–Trinajstić information content (AvgIpc) is 2.75. The molecule has 0 spiro atoms. The van der Waals surface area contributed by atoms with Crippen molar-refractivity contribution in [3.8, 4) is 16.9 Å². The molecule has 1 atom stereocenters. The van der Waals surface area contributed by atoms with E-state index in [0.717, 1.165) is 47.0 Å². The Morgan fingerprint density at radius 1 is 1.06 bits per heavy atom. The van der Waals surface area contributed by atoms with E-state index in [0.29, 0.717) is 28.5 Å². The Bertz CT molecular complexity index is 1170. The third kappa shape index (κ3) is 4.57. The third-order valence-corrected chi connectivity index (χ3v) is 7.25. The highest BCUT2D eigenvalue weighted by atomic mass is 35.5. The predicted octanol–water partition coefficient (Wildman–Crippen LogP) is 6.46. The topological polar surface area (TPSA) is 54.1 Å². The minimum Gasteiger partial charge on any atom is -0.492 e. The van der Waals surface area contributed by atoms with Gasteiger partial charge in [0.2, 0.25) is 0 Å². The molecule has 1 unspecified atom stereocenters. The highest BCUT2D eigenvalue weighted by Crippen LogP contribution is 2.37. The minimum absolute atomic E-state index is 0.120. The number of hydrogen-bond donors (Lipinski definition) is 2. The fourth-order valence-corrected chi connectivity index (χ4v) is 5.16. The molecule has 170 valence electrons. The van der Waals surface area contributed by atoms with Crippen molar-refractivity contribution in [2.24, 2.45) is 0 Å². The van der Waals surface area contributed by atoms with Crippen LogP contribution in [0.2, 0.25) is 5.02 Å². The lowest BCUT2D eigenvalue weighted by molar-refractivity contribution is 0.184. The van der Waals surface area contributed by atoms with E-state index >= 15 is 0 Å². The number of aromatic nitrogens is 1. The zero-order valence-corrected chi connectivity index (χ0v) is 20.3. The first-order valence-corrected chi connectivity index (χ1v) is 12.0. The Labute approximate surface area is 195 Å². The Morgan fingerprint density at radius 2 is 1.81 bits per heavy atom. The van der Waals surface area contributed by atoms with Gasteiger partial charge in [-0.05, 0) is 76.3 Å². The molecule has 2 aromatic carbocycles. The molecular weight excluding hydrogens is 420 g/mol. The van der Waals surface area contributed by atoms with Crippen LogP contribution >= 0.6 is 11.6 Å². The summed E-state index contributed by atoms with van der Waals surface area (Å²) in [5.41, 5.74) is 5.34. The smallest absolute Gasteiger partial charge is 0.260 e. The molecular formula is C27H33ClN2O2. The van der Waals surface area contributed by atoms with Gasteiger partial charge in [-0.25, -0.2) is 0 Å². The average molecular weight is 453 g/mol. The summed E-state index contributed by atoms with van der Waals surface area (Å²) in [6, 6.07) is 10.1. The summed E-state index contributed by atoms with van der Waals surface area (Å²) in [7, 11) is 0. The largest absolute Gasteiger partial charge is 0.492 e. The summed E-state index contributed by atoms with van der Waals surface area (Å²) < 4.78 is 6.49. The summed E-state index contributed by atoms with van der Waals surface area (Å²) in [6.45, 7) is 9.94. The van der Waals surface area contributed by atoms with Gasteiger partial charge >= 0.3 is 0 Å². The second-order valence-electron chi connectivity index (χ2n) is 9.30. The Kier molecular flexibility index (Phi) is 6.64. The van der Waals surface area contributed by atoms with Crippen molar-refractivity contribution in [1.82, 2.24) is 10.3 Å². The van der Waals surface area contributed by atoms with Gasteiger partial charge in [-0.15, -0.1) is 0 Å². The number of aromatic amines is 1. The van der Waals surface area contributed by atoms with E-state index in [9.17, 15) is 4.79 Å². The number of benzene rings is 2.